The molecule has 6 heteroatoms. The number of ether oxygens (including phenoxy) is 2. The molecule has 0 saturated carbocycles. The molecule has 1 aromatic heterocycles. The number of furan rings is 1. The molecule has 1 aliphatic rings. The molecule has 1 aliphatic heterocycles. The summed E-state index contributed by atoms with van der Waals surface area (Å²) >= 11 is 6.01. The summed E-state index contributed by atoms with van der Waals surface area (Å²) in [6.07, 6.45) is 2.40. The Hall–Kier alpha value is -1.69. The second-order valence-corrected chi connectivity index (χ2v) is 4.85. The van der Waals surface area contributed by atoms with Gasteiger partial charge in [-0.3, -0.25) is 5.84 Å². The van der Waals surface area contributed by atoms with Crippen molar-refractivity contribution in [2.75, 3.05) is 13.2 Å². The van der Waals surface area contributed by atoms with E-state index in [-0.39, 0.29) is 6.04 Å². The number of hydrazine groups is 1. The molecule has 0 saturated heterocycles. The highest BCUT2D eigenvalue weighted by Gasteiger charge is 2.20. The highest BCUT2D eigenvalue weighted by atomic mass is 35.5. The molecular formula is C14H15ClN2O3. The van der Waals surface area contributed by atoms with Crippen molar-refractivity contribution < 1.29 is 13.9 Å². The summed E-state index contributed by atoms with van der Waals surface area (Å²) in [6.45, 7) is 1.31. The number of nitrogens with one attached hydrogen (secondary N) is 1. The number of fused-ring (bicyclic) bond motifs is 1. The summed E-state index contributed by atoms with van der Waals surface area (Å²) in [4.78, 5) is 0. The fraction of sp³-hybridized carbons (Fsp3) is 0.286. The summed E-state index contributed by atoms with van der Waals surface area (Å²) in [5.74, 6) is 7.12. The highest BCUT2D eigenvalue weighted by Crippen LogP contribution is 2.35. The Morgan fingerprint density at radius 1 is 1.15 bits per heavy atom. The van der Waals surface area contributed by atoms with Crippen LogP contribution in [0.3, 0.4) is 0 Å². The topological polar surface area (TPSA) is 69.7 Å². The molecule has 1 atom stereocenters. The van der Waals surface area contributed by atoms with Crippen LogP contribution in [0.2, 0.25) is 5.22 Å². The SMILES string of the molecule is NNC(c1ccc2c(c1)OCCCO2)c1ccoc1Cl. The molecule has 0 bridgehead atoms. The molecule has 20 heavy (non-hydrogen) atoms. The second kappa shape index (κ2) is 5.75. The molecule has 0 fully saturated rings. The van der Waals surface area contributed by atoms with Crippen molar-refractivity contribution >= 4 is 11.6 Å². The molecule has 1 aromatic carbocycles. The minimum absolute atomic E-state index is 0.265. The van der Waals surface area contributed by atoms with E-state index in [4.69, 9.17) is 31.3 Å². The lowest BCUT2D eigenvalue weighted by atomic mass is 10.0. The number of nitrogens with two attached hydrogens (primary N) is 1. The van der Waals surface area contributed by atoms with Gasteiger partial charge in [-0.05, 0) is 35.4 Å². The Morgan fingerprint density at radius 3 is 2.65 bits per heavy atom. The minimum Gasteiger partial charge on any atom is -0.490 e. The maximum atomic E-state index is 6.01. The van der Waals surface area contributed by atoms with Crippen LogP contribution in [0.4, 0.5) is 0 Å². The monoisotopic (exact) mass is 294 g/mol. The van der Waals surface area contributed by atoms with E-state index in [9.17, 15) is 0 Å². The third kappa shape index (κ3) is 2.47. The lowest BCUT2D eigenvalue weighted by Gasteiger charge is -2.17. The summed E-state index contributed by atoms with van der Waals surface area (Å²) in [5, 5.41) is 0.320. The Bertz CT molecular complexity index is 600. The third-order valence-corrected chi connectivity index (χ3v) is 3.54. The number of hydrogen-bond acceptors (Lipinski definition) is 5. The van der Waals surface area contributed by atoms with Crippen molar-refractivity contribution in [1.82, 2.24) is 5.43 Å². The highest BCUT2D eigenvalue weighted by molar-refractivity contribution is 6.29. The van der Waals surface area contributed by atoms with Crippen molar-refractivity contribution in [1.29, 1.82) is 0 Å². The van der Waals surface area contributed by atoms with Gasteiger partial charge in [0.15, 0.2) is 16.7 Å². The van der Waals surface area contributed by atoms with Crippen LogP contribution in [0.25, 0.3) is 0 Å². The fourth-order valence-electron chi connectivity index (χ4n) is 2.24. The fourth-order valence-corrected chi connectivity index (χ4v) is 2.46. The van der Waals surface area contributed by atoms with E-state index >= 15 is 0 Å². The number of benzene rings is 1. The van der Waals surface area contributed by atoms with E-state index in [0.717, 1.165) is 29.0 Å². The van der Waals surface area contributed by atoms with Crippen LogP contribution in [0.5, 0.6) is 11.5 Å². The molecule has 2 aromatic rings. The first-order chi connectivity index (χ1) is 9.79. The Labute approximate surface area is 121 Å². The van der Waals surface area contributed by atoms with Gasteiger partial charge in [0.25, 0.3) is 0 Å². The van der Waals surface area contributed by atoms with Crippen LogP contribution in [0.1, 0.15) is 23.6 Å². The molecule has 106 valence electrons. The quantitative estimate of drug-likeness (QED) is 0.673. The van der Waals surface area contributed by atoms with E-state index in [1.807, 2.05) is 18.2 Å². The van der Waals surface area contributed by atoms with E-state index < -0.39 is 0 Å². The van der Waals surface area contributed by atoms with E-state index in [1.165, 1.54) is 6.26 Å². The van der Waals surface area contributed by atoms with Crippen LogP contribution >= 0.6 is 11.6 Å². The second-order valence-electron chi connectivity index (χ2n) is 4.51. The average Bonchev–Trinajstić information content (AvgIpc) is 2.75. The summed E-state index contributed by atoms with van der Waals surface area (Å²) in [7, 11) is 0. The maximum absolute atomic E-state index is 6.01. The molecule has 0 amide bonds. The van der Waals surface area contributed by atoms with Crippen molar-refractivity contribution in [3.8, 4) is 11.5 Å². The van der Waals surface area contributed by atoms with Crippen molar-refractivity contribution in [3.63, 3.8) is 0 Å². The third-order valence-electron chi connectivity index (χ3n) is 3.23. The van der Waals surface area contributed by atoms with Crippen LogP contribution in [0.15, 0.2) is 34.9 Å². The van der Waals surface area contributed by atoms with Crippen molar-refractivity contribution in [2.24, 2.45) is 5.84 Å². The molecule has 3 N–H and O–H groups in total. The van der Waals surface area contributed by atoms with Gasteiger partial charge in [0, 0.05) is 12.0 Å². The summed E-state index contributed by atoms with van der Waals surface area (Å²) in [5.41, 5.74) is 4.45. The largest absolute Gasteiger partial charge is 0.490 e. The zero-order valence-electron chi connectivity index (χ0n) is 10.8. The first-order valence-corrected chi connectivity index (χ1v) is 6.76. The van der Waals surface area contributed by atoms with E-state index in [0.29, 0.717) is 18.4 Å². The standard InChI is InChI=1S/C14H15ClN2O3/c15-14-10(4-7-20-14)13(17-16)9-2-3-11-12(8-9)19-6-1-5-18-11/h2-4,7-8,13,17H,1,5-6,16H2. The molecule has 3 rings (SSSR count). The van der Waals surface area contributed by atoms with Gasteiger partial charge in [-0.15, -0.1) is 0 Å². The zero-order chi connectivity index (χ0) is 13.9. The van der Waals surface area contributed by atoms with Crippen LogP contribution in [-0.4, -0.2) is 13.2 Å². The van der Waals surface area contributed by atoms with Gasteiger partial charge in [0.2, 0.25) is 0 Å². The van der Waals surface area contributed by atoms with Gasteiger partial charge in [0.05, 0.1) is 25.5 Å². The van der Waals surface area contributed by atoms with Crippen LogP contribution in [0, 0.1) is 0 Å². The molecule has 0 aliphatic carbocycles. The number of rotatable bonds is 3. The van der Waals surface area contributed by atoms with E-state index in [1.54, 1.807) is 6.07 Å². The van der Waals surface area contributed by atoms with Gasteiger partial charge >= 0.3 is 0 Å². The molecule has 0 spiro atoms. The number of hydrogen-bond donors (Lipinski definition) is 2. The molecule has 0 radical (unpaired) electrons. The molecule has 5 nitrogen and oxygen atoms in total. The summed E-state index contributed by atoms with van der Waals surface area (Å²) in [6, 6.07) is 7.25. The maximum Gasteiger partial charge on any atom is 0.198 e. The minimum atomic E-state index is -0.265. The van der Waals surface area contributed by atoms with Gasteiger partial charge < -0.3 is 13.9 Å². The van der Waals surface area contributed by atoms with Gasteiger partial charge in [-0.1, -0.05) is 6.07 Å². The van der Waals surface area contributed by atoms with Gasteiger partial charge in [0.1, 0.15) is 0 Å². The first kappa shape index (κ1) is 13.3. The van der Waals surface area contributed by atoms with Crippen LogP contribution in [-0.2, 0) is 0 Å². The van der Waals surface area contributed by atoms with Gasteiger partial charge in [-0.2, -0.15) is 0 Å². The van der Waals surface area contributed by atoms with Crippen molar-refractivity contribution in [2.45, 2.75) is 12.5 Å². The Morgan fingerprint density at radius 2 is 1.95 bits per heavy atom. The average molecular weight is 295 g/mol. The molecule has 1 unspecified atom stereocenters. The normalized spacial score (nSPS) is 15.7. The lowest BCUT2D eigenvalue weighted by molar-refractivity contribution is 0.297. The predicted molar refractivity (Wildman–Crippen MR) is 74.9 cm³/mol. The van der Waals surface area contributed by atoms with Crippen LogP contribution < -0.4 is 20.7 Å². The predicted octanol–water partition coefficient (Wildman–Crippen LogP) is 2.65. The lowest BCUT2D eigenvalue weighted by Crippen LogP contribution is -2.28. The Balaban J connectivity index is 1.96. The zero-order valence-corrected chi connectivity index (χ0v) is 11.5. The first-order valence-electron chi connectivity index (χ1n) is 6.38. The summed E-state index contributed by atoms with van der Waals surface area (Å²) < 4.78 is 16.4. The Kier molecular flexibility index (Phi) is 3.82. The smallest absolute Gasteiger partial charge is 0.198 e. The molecule has 2 heterocycles. The molecular weight excluding hydrogens is 280 g/mol. The van der Waals surface area contributed by atoms with Gasteiger partial charge in [-0.25, -0.2) is 5.43 Å². The van der Waals surface area contributed by atoms with Crippen molar-refractivity contribution in [3.05, 3.63) is 46.9 Å². The van der Waals surface area contributed by atoms with E-state index in [2.05, 4.69) is 5.43 Å². The number of halogens is 1.